The van der Waals surface area contributed by atoms with Gasteiger partial charge in [0.1, 0.15) is 0 Å². The van der Waals surface area contributed by atoms with Gasteiger partial charge in [0.15, 0.2) is 0 Å². The molecule has 0 unspecified atom stereocenters. The minimum absolute atomic E-state index is 0.198. The van der Waals surface area contributed by atoms with Crippen LogP contribution in [0.4, 0.5) is 0 Å². The first-order valence-electron chi connectivity index (χ1n) is 6.07. The Morgan fingerprint density at radius 3 is 2.56 bits per heavy atom. The highest BCUT2D eigenvalue weighted by Gasteiger charge is 2.15. The lowest BCUT2D eigenvalue weighted by atomic mass is 9.99. The number of nitrogens with zero attached hydrogens (tertiary/aromatic N) is 1. The number of aryl methyl sites for hydroxylation is 1. The number of benzene rings is 1. The third-order valence-corrected chi connectivity index (χ3v) is 3.43. The van der Waals surface area contributed by atoms with Gasteiger partial charge < -0.3 is 4.90 Å². The van der Waals surface area contributed by atoms with Crippen LogP contribution >= 0.6 is 0 Å². The highest BCUT2D eigenvalue weighted by molar-refractivity contribution is 5.73. The summed E-state index contributed by atoms with van der Waals surface area (Å²) in [5, 5.41) is 0. The monoisotopic (exact) mass is 217 g/mol. The Morgan fingerprint density at radius 1 is 1.25 bits per heavy atom. The van der Waals surface area contributed by atoms with E-state index in [2.05, 4.69) is 25.1 Å². The second-order valence-corrected chi connectivity index (χ2v) is 4.46. The van der Waals surface area contributed by atoms with Gasteiger partial charge in [-0.1, -0.05) is 25.1 Å². The normalized spacial score (nSPS) is 15.5. The highest BCUT2D eigenvalue weighted by Crippen LogP contribution is 2.18. The summed E-state index contributed by atoms with van der Waals surface area (Å²) in [7, 11) is 0. The van der Waals surface area contributed by atoms with Crippen LogP contribution in [0, 0.1) is 0 Å². The zero-order chi connectivity index (χ0) is 11.5. The molecular weight excluding hydrogens is 198 g/mol. The van der Waals surface area contributed by atoms with E-state index in [1.807, 2.05) is 4.90 Å². The van der Waals surface area contributed by atoms with E-state index in [1.54, 1.807) is 6.92 Å². The molecule has 1 amide bonds. The van der Waals surface area contributed by atoms with Crippen molar-refractivity contribution in [2.24, 2.45) is 0 Å². The summed E-state index contributed by atoms with van der Waals surface area (Å²) >= 11 is 0. The Morgan fingerprint density at radius 2 is 1.94 bits per heavy atom. The summed E-state index contributed by atoms with van der Waals surface area (Å²) in [5.41, 5.74) is 4.25. The van der Waals surface area contributed by atoms with Gasteiger partial charge in [-0.15, -0.1) is 0 Å². The van der Waals surface area contributed by atoms with Gasteiger partial charge in [-0.2, -0.15) is 0 Å². The predicted molar refractivity (Wildman–Crippen MR) is 65.5 cm³/mol. The molecule has 16 heavy (non-hydrogen) atoms. The van der Waals surface area contributed by atoms with Gasteiger partial charge in [0.2, 0.25) is 5.91 Å². The molecule has 0 atom stereocenters. The molecule has 0 aromatic heterocycles. The van der Waals surface area contributed by atoms with E-state index < -0.39 is 0 Å². The van der Waals surface area contributed by atoms with Crippen LogP contribution in [0.3, 0.4) is 0 Å². The van der Waals surface area contributed by atoms with Crippen molar-refractivity contribution >= 4 is 5.91 Å². The smallest absolute Gasteiger partial charge is 0.219 e. The summed E-state index contributed by atoms with van der Waals surface area (Å²) in [6.07, 6.45) is 3.09. The van der Waals surface area contributed by atoms with E-state index in [0.29, 0.717) is 0 Å². The molecule has 0 fully saturated rings. The standard InChI is InChI=1S/C14H19NO/c1-3-12-4-5-13-6-8-15(11(2)16)9-7-14(13)10-12/h4-5,10H,3,6-9H2,1-2H3. The summed E-state index contributed by atoms with van der Waals surface area (Å²) in [4.78, 5) is 13.3. The minimum atomic E-state index is 0.198. The third-order valence-electron chi connectivity index (χ3n) is 3.43. The Balaban J connectivity index is 2.20. The quantitative estimate of drug-likeness (QED) is 0.706. The molecule has 2 heteroatoms. The van der Waals surface area contributed by atoms with Crippen LogP contribution in [0.2, 0.25) is 0 Å². The summed E-state index contributed by atoms with van der Waals surface area (Å²) < 4.78 is 0. The molecule has 2 rings (SSSR count). The van der Waals surface area contributed by atoms with E-state index >= 15 is 0 Å². The maximum absolute atomic E-state index is 11.4. The predicted octanol–water partition coefficient (Wildman–Crippen LogP) is 2.20. The topological polar surface area (TPSA) is 20.3 Å². The molecule has 1 heterocycles. The van der Waals surface area contributed by atoms with Crippen molar-refractivity contribution in [1.82, 2.24) is 4.90 Å². The van der Waals surface area contributed by atoms with Crippen LogP contribution in [-0.4, -0.2) is 23.9 Å². The molecule has 2 nitrogen and oxygen atoms in total. The fourth-order valence-electron chi connectivity index (χ4n) is 2.31. The fraction of sp³-hybridized carbons (Fsp3) is 0.500. The summed E-state index contributed by atoms with van der Waals surface area (Å²) in [6, 6.07) is 6.75. The van der Waals surface area contributed by atoms with Crippen LogP contribution in [-0.2, 0) is 24.1 Å². The first-order chi connectivity index (χ1) is 7.70. The zero-order valence-electron chi connectivity index (χ0n) is 10.1. The molecule has 1 aromatic rings. The molecule has 0 radical (unpaired) electrons. The minimum Gasteiger partial charge on any atom is -0.342 e. The first-order valence-corrected chi connectivity index (χ1v) is 6.07. The van der Waals surface area contributed by atoms with Crippen molar-refractivity contribution in [2.75, 3.05) is 13.1 Å². The second-order valence-electron chi connectivity index (χ2n) is 4.46. The maximum atomic E-state index is 11.4. The first kappa shape index (κ1) is 11.2. The maximum Gasteiger partial charge on any atom is 0.219 e. The van der Waals surface area contributed by atoms with Gasteiger partial charge in [0, 0.05) is 20.0 Å². The molecule has 0 aliphatic carbocycles. The summed E-state index contributed by atoms with van der Waals surface area (Å²) in [5.74, 6) is 0.198. The number of fused-ring (bicyclic) bond motifs is 1. The average molecular weight is 217 g/mol. The average Bonchev–Trinajstić information content (AvgIpc) is 2.50. The van der Waals surface area contributed by atoms with Gasteiger partial charge in [0.25, 0.3) is 0 Å². The van der Waals surface area contributed by atoms with E-state index in [9.17, 15) is 4.79 Å². The number of amides is 1. The second kappa shape index (κ2) is 4.69. The Hall–Kier alpha value is -1.31. The Labute approximate surface area is 97.3 Å². The van der Waals surface area contributed by atoms with E-state index in [1.165, 1.54) is 16.7 Å². The number of carbonyl (C=O) groups excluding carboxylic acids is 1. The van der Waals surface area contributed by atoms with Gasteiger partial charge in [0.05, 0.1) is 0 Å². The van der Waals surface area contributed by atoms with Crippen molar-refractivity contribution in [3.63, 3.8) is 0 Å². The van der Waals surface area contributed by atoms with Gasteiger partial charge in [-0.25, -0.2) is 0 Å². The number of hydrogen-bond donors (Lipinski definition) is 0. The van der Waals surface area contributed by atoms with Crippen LogP contribution in [0.5, 0.6) is 0 Å². The molecule has 1 aliphatic rings. The van der Waals surface area contributed by atoms with Crippen LogP contribution in [0.1, 0.15) is 30.5 Å². The fourth-order valence-corrected chi connectivity index (χ4v) is 2.31. The number of carbonyl (C=O) groups is 1. The Kier molecular flexibility index (Phi) is 3.28. The SMILES string of the molecule is CCc1ccc2c(c1)CCN(C(C)=O)CC2. The van der Waals surface area contributed by atoms with Crippen molar-refractivity contribution in [3.8, 4) is 0 Å². The largest absolute Gasteiger partial charge is 0.342 e. The van der Waals surface area contributed by atoms with Crippen molar-refractivity contribution in [2.45, 2.75) is 33.1 Å². The van der Waals surface area contributed by atoms with Gasteiger partial charge >= 0.3 is 0 Å². The van der Waals surface area contributed by atoms with E-state index in [4.69, 9.17) is 0 Å². The van der Waals surface area contributed by atoms with Crippen molar-refractivity contribution < 1.29 is 4.79 Å². The molecule has 0 N–H and O–H groups in total. The third kappa shape index (κ3) is 2.26. The van der Waals surface area contributed by atoms with E-state index in [-0.39, 0.29) is 5.91 Å². The molecule has 0 bridgehead atoms. The molecule has 1 aromatic carbocycles. The lowest BCUT2D eigenvalue weighted by Crippen LogP contribution is -2.30. The van der Waals surface area contributed by atoms with Crippen LogP contribution in [0.25, 0.3) is 0 Å². The molecule has 0 saturated heterocycles. The van der Waals surface area contributed by atoms with Crippen LogP contribution < -0.4 is 0 Å². The zero-order valence-corrected chi connectivity index (χ0v) is 10.1. The van der Waals surface area contributed by atoms with Crippen molar-refractivity contribution in [3.05, 3.63) is 34.9 Å². The number of rotatable bonds is 1. The molecule has 0 saturated carbocycles. The van der Waals surface area contributed by atoms with Gasteiger partial charge in [-0.05, 0) is 36.0 Å². The van der Waals surface area contributed by atoms with E-state index in [0.717, 1.165) is 32.4 Å². The number of hydrogen-bond acceptors (Lipinski definition) is 1. The molecule has 86 valence electrons. The molecular formula is C14H19NO. The molecule has 0 spiro atoms. The van der Waals surface area contributed by atoms with Crippen molar-refractivity contribution in [1.29, 1.82) is 0 Å². The Bertz CT molecular complexity index is 398. The summed E-state index contributed by atoms with van der Waals surface area (Å²) in [6.45, 7) is 5.58. The lowest BCUT2D eigenvalue weighted by Gasteiger charge is -2.17. The molecule has 1 aliphatic heterocycles. The lowest BCUT2D eigenvalue weighted by molar-refractivity contribution is -0.128. The van der Waals surface area contributed by atoms with Gasteiger partial charge in [-0.3, -0.25) is 4.79 Å². The highest BCUT2D eigenvalue weighted by atomic mass is 16.2. The van der Waals surface area contributed by atoms with Crippen LogP contribution in [0.15, 0.2) is 18.2 Å².